The largest absolute Gasteiger partial charge is 0.0980 e. The van der Waals surface area contributed by atoms with Gasteiger partial charge in [0.05, 0.1) is 0 Å². The van der Waals surface area contributed by atoms with Crippen molar-refractivity contribution in [3.63, 3.8) is 0 Å². The molecule has 1 heteroatoms. The first-order chi connectivity index (χ1) is 4.81. The van der Waals surface area contributed by atoms with Gasteiger partial charge >= 0.3 is 0 Å². The van der Waals surface area contributed by atoms with Crippen LogP contribution in [0, 0.1) is 0 Å². The summed E-state index contributed by atoms with van der Waals surface area (Å²) >= 11 is 2.30. The van der Waals surface area contributed by atoms with Crippen LogP contribution in [0.2, 0.25) is 0 Å². The maximum absolute atomic E-state index is 3.68. The van der Waals surface area contributed by atoms with Gasteiger partial charge in [0.1, 0.15) is 0 Å². The van der Waals surface area contributed by atoms with Crippen LogP contribution in [0.25, 0.3) is 0 Å². The van der Waals surface area contributed by atoms with Gasteiger partial charge in [0.25, 0.3) is 0 Å². The Morgan fingerprint density at radius 1 is 1.50 bits per heavy atom. The third-order valence-electron chi connectivity index (χ3n) is 1.34. The van der Waals surface area contributed by atoms with E-state index in [0.717, 1.165) is 0 Å². The lowest BCUT2D eigenvalue weighted by molar-refractivity contribution is 0.729. The standard InChI is InChI=1S/C9H15I/c1-3-5-6-7-8-9(10)4-2/h4,8H,2-3,5-7H2,1H3. The second kappa shape index (κ2) is 7.32. The molecule has 0 aromatic carbocycles. The van der Waals surface area contributed by atoms with Crippen molar-refractivity contribution < 1.29 is 0 Å². The van der Waals surface area contributed by atoms with Crippen LogP contribution in [0.3, 0.4) is 0 Å². The summed E-state index contributed by atoms with van der Waals surface area (Å²) in [6.45, 7) is 5.91. The molecule has 0 radical (unpaired) electrons. The molecular formula is C9H15I. The Hall–Kier alpha value is 0.210. The predicted octanol–water partition coefficient (Wildman–Crippen LogP) is 4.07. The van der Waals surface area contributed by atoms with Gasteiger partial charge in [-0.3, -0.25) is 0 Å². The number of allylic oxidation sites excluding steroid dienone is 3. The molecule has 10 heavy (non-hydrogen) atoms. The van der Waals surface area contributed by atoms with E-state index in [1.165, 1.54) is 29.3 Å². The molecule has 0 amide bonds. The first-order valence-electron chi connectivity index (χ1n) is 3.79. The first-order valence-corrected chi connectivity index (χ1v) is 4.87. The first kappa shape index (κ1) is 10.2. The van der Waals surface area contributed by atoms with Crippen molar-refractivity contribution in [1.82, 2.24) is 0 Å². The fourth-order valence-corrected chi connectivity index (χ4v) is 1.03. The molecule has 0 fully saturated rings. The van der Waals surface area contributed by atoms with E-state index in [0.29, 0.717) is 0 Å². The van der Waals surface area contributed by atoms with Gasteiger partial charge in [0, 0.05) is 3.58 Å². The number of hydrogen-bond acceptors (Lipinski definition) is 0. The minimum atomic E-state index is 1.21. The van der Waals surface area contributed by atoms with Crippen molar-refractivity contribution in [2.75, 3.05) is 0 Å². The third kappa shape index (κ3) is 6.33. The Morgan fingerprint density at radius 3 is 2.70 bits per heavy atom. The van der Waals surface area contributed by atoms with Crippen LogP contribution in [-0.2, 0) is 0 Å². The molecule has 0 aliphatic rings. The summed E-state index contributed by atoms with van der Waals surface area (Å²) in [4.78, 5) is 0. The van der Waals surface area contributed by atoms with Crippen molar-refractivity contribution >= 4 is 22.6 Å². The minimum absolute atomic E-state index is 1.21. The molecule has 0 nitrogen and oxygen atoms in total. The zero-order valence-corrected chi connectivity index (χ0v) is 8.73. The van der Waals surface area contributed by atoms with Crippen LogP contribution in [0.1, 0.15) is 32.6 Å². The van der Waals surface area contributed by atoms with Crippen molar-refractivity contribution in [2.45, 2.75) is 32.6 Å². The van der Waals surface area contributed by atoms with Gasteiger partial charge in [0.15, 0.2) is 0 Å². The summed E-state index contributed by atoms with van der Waals surface area (Å²) in [6.07, 6.45) is 9.31. The molecule has 0 N–H and O–H groups in total. The SMILES string of the molecule is C=CC(I)=CCCCCC. The van der Waals surface area contributed by atoms with E-state index in [4.69, 9.17) is 0 Å². The van der Waals surface area contributed by atoms with Crippen molar-refractivity contribution in [3.05, 3.63) is 22.3 Å². The molecular weight excluding hydrogens is 235 g/mol. The molecule has 0 atom stereocenters. The molecule has 0 saturated heterocycles. The maximum Gasteiger partial charge on any atom is 0.00840 e. The van der Waals surface area contributed by atoms with E-state index in [-0.39, 0.29) is 0 Å². The van der Waals surface area contributed by atoms with E-state index in [9.17, 15) is 0 Å². The second-order valence-electron chi connectivity index (χ2n) is 2.29. The van der Waals surface area contributed by atoms with Gasteiger partial charge in [0.2, 0.25) is 0 Å². The molecule has 0 saturated carbocycles. The monoisotopic (exact) mass is 250 g/mol. The van der Waals surface area contributed by atoms with Gasteiger partial charge in [-0.05, 0) is 35.4 Å². The van der Waals surface area contributed by atoms with E-state index in [1.807, 2.05) is 6.08 Å². The summed E-state index contributed by atoms with van der Waals surface area (Å²) in [7, 11) is 0. The average molecular weight is 250 g/mol. The summed E-state index contributed by atoms with van der Waals surface area (Å²) in [5.41, 5.74) is 0. The van der Waals surface area contributed by atoms with Gasteiger partial charge < -0.3 is 0 Å². The van der Waals surface area contributed by atoms with E-state index < -0.39 is 0 Å². The van der Waals surface area contributed by atoms with E-state index in [1.54, 1.807) is 0 Å². The zero-order valence-electron chi connectivity index (χ0n) is 6.57. The average Bonchev–Trinajstić information content (AvgIpc) is 1.98. The smallest absolute Gasteiger partial charge is 0.00840 e. The normalized spacial score (nSPS) is 11.6. The van der Waals surface area contributed by atoms with Crippen LogP contribution >= 0.6 is 22.6 Å². The van der Waals surface area contributed by atoms with Crippen molar-refractivity contribution in [3.8, 4) is 0 Å². The lowest BCUT2D eigenvalue weighted by Crippen LogP contribution is -1.71. The van der Waals surface area contributed by atoms with Crippen LogP contribution in [0.4, 0.5) is 0 Å². The number of halogens is 1. The fourth-order valence-electron chi connectivity index (χ4n) is 0.718. The number of unbranched alkanes of at least 4 members (excludes halogenated alkanes) is 3. The number of hydrogen-bond donors (Lipinski definition) is 0. The molecule has 0 aromatic heterocycles. The predicted molar refractivity (Wildman–Crippen MR) is 56.4 cm³/mol. The topological polar surface area (TPSA) is 0 Å². The lowest BCUT2D eigenvalue weighted by Gasteiger charge is -1.92. The van der Waals surface area contributed by atoms with Crippen LogP contribution < -0.4 is 0 Å². The summed E-state index contributed by atoms with van der Waals surface area (Å²) in [5.74, 6) is 0. The molecule has 0 bridgehead atoms. The maximum atomic E-state index is 3.68. The van der Waals surface area contributed by atoms with Crippen molar-refractivity contribution in [1.29, 1.82) is 0 Å². The van der Waals surface area contributed by atoms with Gasteiger partial charge in [-0.1, -0.05) is 38.5 Å². The molecule has 0 aliphatic heterocycles. The van der Waals surface area contributed by atoms with Gasteiger partial charge in [-0.2, -0.15) is 0 Å². The molecule has 0 spiro atoms. The Kier molecular flexibility index (Phi) is 7.47. The van der Waals surface area contributed by atoms with Crippen molar-refractivity contribution in [2.24, 2.45) is 0 Å². The third-order valence-corrected chi connectivity index (χ3v) is 2.22. The molecule has 0 heterocycles. The molecule has 0 aliphatic carbocycles. The Morgan fingerprint density at radius 2 is 2.20 bits per heavy atom. The van der Waals surface area contributed by atoms with Crippen LogP contribution in [0.5, 0.6) is 0 Å². The van der Waals surface area contributed by atoms with E-state index >= 15 is 0 Å². The zero-order chi connectivity index (χ0) is 7.82. The highest BCUT2D eigenvalue weighted by atomic mass is 127. The minimum Gasteiger partial charge on any atom is -0.0980 e. The Labute approximate surface area is 77.5 Å². The highest BCUT2D eigenvalue weighted by Crippen LogP contribution is 2.09. The number of rotatable bonds is 5. The summed E-state index contributed by atoms with van der Waals surface area (Å²) in [6, 6.07) is 0. The molecule has 0 unspecified atom stereocenters. The fraction of sp³-hybridized carbons (Fsp3) is 0.556. The molecule has 0 aromatic rings. The summed E-state index contributed by atoms with van der Waals surface area (Å²) in [5, 5.41) is 0. The highest BCUT2D eigenvalue weighted by molar-refractivity contribution is 14.1. The Bertz CT molecular complexity index is 114. The van der Waals surface area contributed by atoms with Gasteiger partial charge in [-0.25, -0.2) is 0 Å². The summed E-state index contributed by atoms with van der Waals surface area (Å²) < 4.78 is 1.27. The lowest BCUT2D eigenvalue weighted by atomic mass is 10.2. The molecule has 58 valence electrons. The van der Waals surface area contributed by atoms with Crippen LogP contribution in [0.15, 0.2) is 22.3 Å². The van der Waals surface area contributed by atoms with E-state index in [2.05, 4.69) is 42.2 Å². The second-order valence-corrected chi connectivity index (χ2v) is 3.53. The van der Waals surface area contributed by atoms with Crippen LogP contribution in [-0.4, -0.2) is 0 Å². The highest BCUT2D eigenvalue weighted by Gasteiger charge is 1.83. The molecule has 0 rings (SSSR count). The van der Waals surface area contributed by atoms with Gasteiger partial charge in [-0.15, -0.1) is 0 Å². The Balaban J connectivity index is 3.24. The quantitative estimate of drug-likeness (QED) is 0.392.